The number of benzene rings is 1. The van der Waals surface area contributed by atoms with Crippen LogP contribution in [0.2, 0.25) is 0 Å². The maximum Gasteiger partial charge on any atom is 0.317 e. The Morgan fingerprint density at radius 2 is 2.00 bits per heavy atom. The van der Waals surface area contributed by atoms with Gasteiger partial charge >= 0.3 is 6.03 Å². The van der Waals surface area contributed by atoms with Gasteiger partial charge < -0.3 is 20.2 Å². The average Bonchev–Trinajstić information content (AvgIpc) is 2.66. The van der Waals surface area contributed by atoms with Gasteiger partial charge in [0.05, 0.1) is 12.1 Å². The van der Waals surface area contributed by atoms with Crippen molar-refractivity contribution >= 4 is 6.03 Å². The Labute approximate surface area is 155 Å². The number of hydrogen-bond donors (Lipinski definition) is 2. The number of urea groups is 1. The zero-order chi connectivity index (χ0) is 18.4. The first-order chi connectivity index (χ1) is 12.6. The second-order valence-corrected chi connectivity index (χ2v) is 7.42. The number of piperidine rings is 2. The number of halogens is 1. The largest absolute Gasteiger partial charge is 0.393 e. The van der Waals surface area contributed by atoms with Crippen LogP contribution in [-0.2, 0) is 0 Å². The summed E-state index contributed by atoms with van der Waals surface area (Å²) < 4.78 is 13.6. The molecule has 26 heavy (non-hydrogen) atoms. The Balaban J connectivity index is 1.46. The van der Waals surface area contributed by atoms with Crippen molar-refractivity contribution in [1.82, 2.24) is 15.1 Å². The summed E-state index contributed by atoms with van der Waals surface area (Å²) in [6, 6.07) is 6.52. The van der Waals surface area contributed by atoms with Crippen LogP contribution in [0.1, 0.15) is 50.1 Å². The summed E-state index contributed by atoms with van der Waals surface area (Å²) in [5, 5.41) is 12.6. The first-order valence-electron chi connectivity index (χ1n) is 9.84. The molecule has 6 heteroatoms. The van der Waals surface area contributed by atoms with E-state index in [2.05, 4.69) is 10.2 Å². The first-order valence-corrected chi connectivity index (χ1v) is 9.84. The monoisotopic (exact) mass is 363 g/mol. The van der Waals surface area contributed by atoms with Crippen molar-refractivity contribution in [2.24, 2.45) is 0 Å². The molecule has 0 spiro atoms. The van der Waals surface area contributed by atoms with Crippen molar-refractivity contribution in [1.29, 1.82) is 0 Å². The molecule has 2 N–H and O–H groups in total. The molecule has 1 aromatic rings. The molecule has 1 aromatic carbocycles. The molecule has 5 nitrogen and oxygen atoms in total. The van der Waals surface area contributed by atoms with Gasteiger partial charge in [-0.2, -0.15) is 0 Å². The number of hydrogen-bond acceptors (Lipinski definition) is 3. The number of carbonyl (C=O) groups is 1. The minimum atomic E-state index is -0.250. The number of aliphatic hydroxyl groups excluding tert-OH is 1. The van der Waals surface area contributed by atoms with Crippen LogP contribution >= 0.6 is 0 Å². The summed E-state index contributed by atoms with van der Waals surface area (Å²) in [6.45, 7) is 4.17. The van der Waals surface area contributed by atoms with Gasteiger partial charge in [-0.05, 0) is 62.8 Å². The molecule has 2 fully saturated rings. The lowest BCUT2D eigenvalue weighted by Gasteiger charge is -2.36. The molecular formula is C20H30FN3O2. The lowest BCUT2D eigenvalue weighted by molar-refractivity contribution is 0.0820. The van der Waals surface area contributed by atoms with E-state index in [0.717, 1.165) is 70.3 Å². The molecule has 0 unspecified atom stereocenters. The third-order valence-electron chi connectivity index (χ3n) is 5.48. The Bertz CT molecular complexity index is 590. The van der Waals surface area contributed by atoms with Gasteiger partial charge in [0.25, 0.3) is 0 Å². The molecule has 2 saturated heterocycles. The molecule has 0 radical (unpaired) electrons. The zero-order valence-electron chi connectivity index (χ0n) is 15.4. The van der Waals surface area contributed by atoms with Crippen LogP contribution in [0.3, 0.4) is 0 Å². The second kappa shape index (κ2) is 9.33. The number of amides is 2. The highest BCUT2D eigenvalue weighted by Gasteiger charge is 2.28. The van der Waals surface area contributed by atoms with Crippen LogP contribution in [0.5, 0.6) is 0 Å². The summed E-state index contributed by atoms with van der Waals surface area (Å²) in [6.07, 6.45) is 5.38. The number of likely N-dealkylation sites (tertiary alicyclic amines) is 2. The third-order valence-corrected chi connectivity index (χ3v) is 5.48. The highest BCUT2D eigenvalue weighted by Crippen LogP contribution is 2.31. The molecule has 0 bridgehead atoms. The molecule has 0 saturated carbocycles. The minimum absolute atomic E-state index is 0.0389. The Morgan fingerprint density at radius 3 is 2.77 bits per heavy atom. The maximum atomic E-state index is 13.6. The van der Waals surface area contributed by atoms with E-state index in [1.807, 2.05) is 11.0 Å². The van der Waals surface area contributed by atoms with E-state index >= 15 is 0 Å². The van der Waals surface area contributed by atoms with Gasteiger partial charge in [0, 0.05) is 26.2 Å². The fourth-order valence-corrected chi connectivity index (χ4v) is 3.98. The van der Waals surface area contributed by atoms with Gasteiger partial charge in [-0.15, -0.1) is 0 Å². The number of aliphatic hydroxyl groups is 1. The maximum absolute atomic E-state index is 13.6. The molecule has 1 atom stereocenters. The lowest BCUT2D eigenvalue weighted by atomic mass is 9.95. The van der Waals surface area contributed by atoms with Crippen LogP contribution in [0.25, 0.3) is 0 Å². The van der Waals surface area contributed by atoms with E-state index in [1.165, 1.54) is 6.07 Å². The molecule has 2 amide bonds. The van der Waals surface area contributed by atoms with Gasteiger partial charge in [-0.1, -0.05) is 12.1 Å². The highest BCUT2D eigenvalue weighted by atomic mass is 19.1. The quantitative estimate of drug-likeness (QED) is 0.791. The van der Waals surface area contributed by atoms with Gasteiger partial charge in [0.1, 0.15) is 5.82 Å². The fraction of sp³-hybridized carbons (Fsp3) is 0.650. The number of carbonyl (C=O) groups excluding carboxylic acids is 1. The highest BCUT2D eigenvalue weighted by molar-refractivity contribution is 5.74. The SMILES string of the molecule is O=C(NCCCN1CCC(O)CC1)N1CCCC[C@H]1c1cccc(F)c1. The molecule has 2 heterocycles. The van der Waals surface area contributed by atoms with Crippen LogP contribution in [0.4, 0.5) is 9.18 Å². The molecule has 2 aliphatic rings. The molecular weight excluding hydrogens is 333 g/mol. The smallest absolute Gasteiger partial charge is 0.317 e. The van der Waals surface area contributed by atoms with Crippen LogP contribution < -0.4 is 5.32 Å². The molecule has 3 rings (SSSR count). The van der Waals surface area contributed by atoms with Gasteiger partial charge in [-0.25, -0.2) is 9.18 Å². The van der Waals surface area contributed by atoms with E-state index in [9.17, 15) is 14.3 Å². The number of rotatable bonds is 5. The Morgan fingerprint density at radius 1 is 1.19 bits per heavy atom. The van der Waals surface area contributed by atoms with E-state index in [4.69, 9.17) is 0 Å². The number of nitrogens with zero attached hydrogens (tertiary/aromatic N) is 2. The summed E-state index contributed by atoms with van der Waals surface area (Å²) in [7, 11) is 0. The Kier molecular flexibility index (Phi) is 6.86. The predicted molar refractivity (Wildman–Crippen MR) is 99.4 cm³/mol. The van der Waals surface area contributed by atoms with Crippen molar-refractivity contribution in [2.45, 2.75) is 50.7 Å². The standard InChI is InChI=1S/C20H30FN3O2/c21-17-6-3-5-16(15-17)19-7-1-2-12-24(19)20(26)22-10-4-11-23-13-8-18(25)9-14-23/h3,5-6,15,18-19,25H,1-2,4,7-14H2,(H,22,26)/t19-/m0/s1. The second-order valence-electron chi connectivity index (χ2n) is 7.42. The fourth-order valence-electron chi connectivity index (χ4n) is 3.98. The summed E-state index contributed by atoms with van der Waals surface area (Å²) >= 11 is 0. The van der Waals surface area contributed by atoms with Crippen molar-refractivity contribution in [3.05, 3.63) is 35.6 Å². The zero-order valence-corrected chi connectivity index (χ0v) is 15.4. The van der Waals surface area contributed by atoms with Crippen molar-refractivity contribution < 1.29 is 14.3 Å². The normalized spacial score (nSPS) is 22.4. The third kappa shape index (κ3) is 5.17. The predicted octanol–water partition coefficient (Wildman–Crippen LogP) is 2.91. The summed E-state index contributed by atoms with van der Waals surface area (Å²) in [5.41, 5.74) is 0.881. The van der Waals surface area contributed by atoms with Crippen molar-refractivity contribution in [3.63, 3.8) is 0 Å². The molecule has 144 valence electrons. The Hall–Kier alpha value is -1.66. The van der Waals surface area contributed by atoms with E-state index in [-0.39, 0.29) is 24.0 Å². The lowest BCUT2D eigenvalue weighted by Crippen LogP contribution is -2.45. The minimum Gasteiger partial charge on any atom is -0.393 e. The van der Waals surface area contributed by atoms with Crippen molar-refractivity contribution in [2.75, 3.05) is 32.7 Å². The first kappa shape index (κ1) is 19.1. The van der Waals surface area contributed by atoms with Gasteiger partial charge in [-0.3, -0.25) is 0 Å². The van der Waals surface area contributed by atoms with Crippen LogP contribution in [0.15, 0.2) is 24.3 Å². The van der Waals surface area contributed by atoms with E-state index in [0.29, 0.717) is 6.54 Å². The van der Waals surface area contributed by atoms with Crippen LogP contribution in [0, 0.1) is 5.82 Å². The van der Waals surface area contributed by atoms with Gasteiger partial charge in [0.2, 0.25) is 0 Å². The average molecular weight is 363 g/mol. The molecule has 2 aliphatic heterocycles. The molecule has 0 aromatic heterocycles. The van der Waals surface area contributed by atoms with E-state index in [1.54, 1.807) is 12.1 Å². The van der Waals surface area contributed by atoms with Gasteiger partial charge in [0.15, 0.2) is 0 Å². The summed E-state index contributed by atoms with van der Waals surface area (Å²) in [4.78, 5) is 16.8. The van der Waals surface area contributed by atoms with E-state index < -0.39 is 0 Å². The van der Waals surface area contributed by atoms with Crippen molar-refractivity contribution in [3.8, 4) is 0 Å². The molecule has 0 aliphatic carbocycles. The van der Waals surface area contributed by atoms with Crippen LogP contribution in [-0.4, -0.2) is 59.8 Å². The topological polar surface area (TPSA) is 55.8 Å². The summed E-state index contributed by atoms with van der Waals surface area (Å²) in [5.74, 6) is -0.250. The number of nitrogens with one attached hydrogen (secondary N) is 1.